The summed E-state index contributed by atoms with van der Waals surface area (Å²) in [5.74, 6) is -0.835. The van der Waals surface area contributed by atoms with E-state index in [2.05, 4.69) is 20.6 Å². The molecule has 0 saturated heterocycles. The third-order valence-corrected chi connectivity index (χ3v) is 4.72. The summed E-state index contributed by atoms with van der Waals surface area (Å²) in [5.41, 5.74) is 4.86. The maximum Gasteiger partial charge on any atom is 0.313 e. The van der Waals surface area contributed by atoms with E-state index in [0.717, 1.165) is 26.6 Å². The molecule has 0 saturated carbocycles. The van der Waals surface area contributed by atoms with Crippen LogP contribution in [0.15, 0.2) is 35.1 Å². The molecule has 2 heterocycles. The zero-order chi connectivity index (χ0) is 14.8. The number of carboxylic acid groups (broad SMARTS) is 1. The Labute approximate surface area is 129 Å². The number of fused-ring (bicyclic) bond motifs is 1. The molecule has 0 aliphatic rings. The highest BCUT2D eigenvalue weighted by Crippen LogP contribution is 2.26. The number of aliphatic carboxylic acids is 1. The van der Waals surface area contributed by atoms with Gasteiger partial charge in [-0.25, -0.2) is 4.98 Å². The fourth-order valence-corrected chi connectivity index (χ4v) is 3.39. The van der Waals surface area contributed by atoms with Crippen molar-refractivity contribution in [2.24, 2.45) is 0 Å². The molecule has 0 spiro atoms. The summed E-state index contributed by atoms with van der Waals surface area (Å²) in [6.45, 7) is 2.69. The van der Waals surface area contributed by atoms with Crippen LogP contribution in [-0.2, 0) is 11.3 Å². The Hall–Kier alpha value is -1.86. The SMILES string of the molecule is Cc1ccc2nc(SCC(=O)O)n(Cc3cncs3)c2c1. The molecule has 0 aliphatic heterocycles. The molecule has 3 aromatic rings. The van der Waals surface area contributed by atoms with Gasteiger partial charge in [0.1, 0.15) is 0 Å². The van der Waals surface area contributed by atoms with Gasteiger partial charge in [-0.1, -0.05) is 17.8 Å². The van der Waals surface area contributed by atoms with Crippen molar-refractivity contribution in [2.45, 2.75) is 18.6 Å². The first kappa shape index (κ1) is 14.1. The number of hydrogen-bond acceptors (Lipinski definition) is 5. The van der Waals surface area contributed by atoms with E-state index >= 15 is 0 Å². The molecule has 0 amide bonds. The van der Waals surface area contributed by atoms with Crippen molar-refractivity contribution in [3.05, 3.63) is 40.3 Å². The molecule has 5 nitrogen and oxygen atoms in total. The van der Waals surface area contributed by atoms with E-state index in [-0.39, 0.29) is 5.75 Å². The molecule has 108 valence electrons. The van der Waals surface area contributed by atoms with E-state index < -0.39 is 5.97 Å². The Kier molecular flexibility index (Phi) is 3.94. The highest BCUT2D eigenvalue weighted by Gasteiger charge is 2.13. The Morgan fingerprint density at radius 1 is 1.48 bits per heavy atom. The first-order valence-electron chi connectivity index (χ1n) is 6.32. The van der Waals surface area contributed by atoms with Gasteiger partial charge in [0, 0.05) is 11.1 Å². The highest BCUT2D eigenvalue weighted by atomic mass is 32.2. The lowest BCUT2D eigenvalue weighted by Crippen LogP contribution is -2.03. The Morgan fingerprint density at radius 3 is 3.05 bits per heavy atom. The maximum absolute atomic E-state index is 10.8. The predicted octanol–water partition coefficient (Wildman–Crippen LogP) is 3.03. The molecule has 1 N–H and O–H groups in total. The third kappa shape index (κ3) is 3.08. The molecular formula is C14H13N3O2S2. The lowest BCUT2D eigenvalue weighted by atomic mass is 10.2. The van der Waals surface area contributed by atoms with E-state index in [1.807, 2.05) is 25.3 Å². The zero-order valence-electron chi connectivity index (χ0n) is 11.3. The van der Waals surface area contributed by atoms with Crippen LogP contribution in [0.2, 0.25) is 0 Å². The number of imidazole rings is 1. The highest BCUT2D eigenvalue weighted by molar-refractivity contribution is 7.99. The van der Waals surface area contributed by atoms with Crippen molar-refractivity contribution in [1.82, 2.24) is 14.5 Å². The van der Waals surface area contributed by atoms with Crippen LogP contribution < -0.4 is 0 Å². The van der Waals surface area contributed by atoms with Gasteiger partial charge >= 0.3 is 5.97 Å². The molecule has 0 unspecified atom stereocenters. The summed E-state index contributed by atoms with van der Waals surface area (Å²) in [5, 5.41) is 9.60. The first-order valence-corrected chi connectivity index (χ1v) is 8.19. The van der Waals surface area contributed by atoms with E-state index in [9.17, 15) is 4.79 Å². The van der Waals surface area contributed by atoms with Gasteiger partial charge in [0.25, 0.3) is 0 Å². The van der Waals surface area contributed by atoms with Gasteiger partial charge in [-0.15, -0.1) is 11.3 Å². The molecule has 3 rings (SSSR count). The summed E-state index contributed by atoms with van der Waals surface area (Å²) in [6.07, 6.45) is 1.83. The molecule has 0 radical (unpaired) electrons. The minimum Gasteiger partial charge on any atom is -0.481 e. The molecule has 21 heavy (non-hydrogen) atoms. The van der Waals surface area contributed by atoms with Crippen LogP contribution in [0.4, 0.5) is 0 Å². The standard InChI is InChI=1S/C14H13N3O2S2/c1-9-2-3-11-12(4-9)17(6-10-5-15-8-21-10)14(16-11)20-7-13(18)19/h2-5,8H,6-7H2,1H3,(H,18,19). The number of aromatic nitrogens is 3. The van der Waals surface area contributed by atoms with Crippen LogP contribution in [0.1, 0.15) is 10.4 Å². The summed E-state index contributed by atoms with van der Waals surface area (Å²) in [4.78, 5) is 20.6. The van der Waals surface area contributed by atoms with Crippen LogP contribution in [0.3, 0.4) is 0 Å². The number of hydrogen-bond donors (Lipinski definition) is 1. The van der Waals surface area contributed by atoms with Crippen LogP contribution in [0.5, 0.6) is 0 Å². The van der Waals surface area contributed by atoms with E-state index in [1.165, 1.54) is 11.8 Å². The summed E-state index contributed by atoms with van der Waals surface area (Å²) < 4.78 is 2.06. The monoisotopic (exact) mass is 319 g/mol. The second-order valence-electron chi connectivity index (χ2n) is 4.62. The second-order valence-corrected chi connectivity index (χ2v) is 6.54. The van der Waals surface area contributed by atoms with Gasteiger partial charge in [-0.05, 0) is 24.6 Å². The van der Waals surface area contributed by atoms with E-state index in [1.54, 1.807) is 16.8 Å². The average Bonchev–Trinajstić information content (AvgIpc) is 3.06. The Bertz CT molecular complexity index is 781. The number of rotatable bonds is 5. The van der Waals surface area contributed by atoms with Gasteiger partial charge in [0.2, 0.25) is 0 Å². The minimum absolute atomic E-state index is 0.00495. The number of nitrogens with zero attached hydrogens (tertiary/aromatic N) is 3. The summed E-state index contributed by atoms with van der Waals surface area (Å²) >= 11 is 2.83. The minimum atomic E-state index is -0.840. The quantitative estimate of drug-likeness (QED) is 0.732. The Morgan fingerprint density at radius 2 is 2.33 bits per heavy atom. The Balaban J connectivity index is 2.04. The molecule has 0 atom stereocenters. The molecule has 0 fully saturated rings. The number of benzene rings is 1. The van der Waals surface area contributed by atoms with E-state index in [4.69, 9.17) is 5.11 Å². The number of aryl methyl sites for hydroxylation is 1. The average molecular weight is 319 g/mol. The fourth-order valence-electron chi connectivity index (χ4n) is 2.08. The lowest BCUT2D eigenvalue weighted by Gasteiger charge is -2.06. The lowest BCUT2D eigenvalue weighted by molar-refractivity contribution is -0.133. The topological polar surface area (TPSA) is 68.0 Å². The molecule has 7 heteroatoms. The normalized spacial score (nSPS) is 11.1. The zero-order valence-corrected chi connectivity index (χ0v) is 12.9. The van der Waals surface area contributed by atoms with Gasteiger partial charge in [0.05, 0.1) is 28.8 Å². The summed E-state index contributed by atoms with van der Waals surface area (Å²) in [6, 6.07) is 6.06. The molecule has 0 bridgehead atoms. The molecular weight excluding hydrogens is 306 g/mol. The second kappa shape index (κ2) is 5.87. The van der Waals surface area contributed by atoms with Gasteiger partial charge < -0.3 is 9.67 Å². The number of thiazole rings is 1. The maximum atomic E-state index is 10.8. The van der Waals surface area contributed by atoms with Crippen molar-refractivity contribution < 1.29 is 9.90 Å². The number of carbonyl (C=O) groups is 1. The van der Waals surface area contributed by atoms with Crippen LogP contribution in [0.25, 0.3) is 11.0 Å². The molecule has 1 aromatic carbocycles. The van der Waals surface area contributed by atoms with Crippen molar-refractivity contribution in [2.75, 3.05) is 5.75 Å². The predicted molar refractivity (Wildman–Crippen MR) is 84.0 cm³/mol. The summed E-state index contributed by atoms with van der Waals surface area (Å²) in [7, 11) is 0. The van der Waals surface area contributed by atoms with Crippen molar-refractivity contribution in [3.63, 3.8) is 0 Å². The van der Waals surface area contributed by atoms with Crippen molar-refractivity contribution in [3.8, 4) is 0 Å². The van der Waals surface area contributed by atoms with Gasteiger partial charge in [-0.3, -0.25) is 9.78 Å². The first-order chi connectivity index (χ1) is 10.1. The fraction of sp³-hybridized carbons (Fsp3) is 0.214. The number of thioether (sulfide) groups is 1. The van der Waals surface area contributed by atoms with Crippen molar-refractivity contribution in [1.29, 1.82) is 0 Å². The third-order valence-electron chi connectivity index (χ3n) is 2.99. The van der Waals surface area contributed by atoms with Gasteiger partial charge in [0.15, 0.2) is 5.16 Å². The van der Waals surface area contributed by atoms with Crippen LogP contribution >= 0.6 is 23.1 Å². The largest absolute Gasteiger partial charge is 0.481 e. The van der Waals surface area contributed by atoms with Crippen LogP contribution in [-0.4, -0.2) is 31.4 Å². The van der Waals surface area contributed by atoms with Gasteiger partial charge in [-0.2, -0.15) is 0 Å². The van der Waals surface area contributed by atoms with Crippen molar-refractivity contribution >= 4 is 40.1 Å². The molecule has 0 aliphatic carbocycles. The smallest absolute Gasteiger partial charge is 0.313 e. The van der Waals surface area contributed by atoms with Crippen LogP contribution in [0, 0.1) is 6.92 Å². The molecule has 2 aromatic heterocycles. The van der Waals surface area contributed by atoms with E-state index in [0.29, 0.717) is 6.54 Å². The number of carboxylic acids is 1.